The average molecular weight is 257 g/mol. The van der Waals surface area contributed by atoms with E-state index in [9.17, 15) is 18.0 Å². The van der Waals surface area contributed by atoms with E-state index in [0.717, 1.165) is 12.1 Å². The van der Waals surface area contributed by atoms with Gasteiger partial charge in [-0.2, -0.15) is 13.2 Å². The monoisotopic (exact) mass is 257 g/mol. The molecule has 2 aromatic rings. The van der Waals surface area contributed by atoms with Crippen molar-refractivity contribution in [1.82, 2.24) is 4.57 Å². The number of rotatable bonds is 2. The van der Waals surface area contributed by atoms with Crippen LogP contribution in [0, 0.1) is 0 Å². The first-order valence-corrected chi connectivity index (χ1v) is 5.16. The zero-order valence-corrected chi connectivity index (χ0v) is 9.45. The van der Waals surface area contributed by atoms with Crippen molar-refractivity contribution in [1.29, 1.82) is 0 Å². The highest BCUT2D eigenvalue weighted by Crippen LogP contribution is 2.32. The minimum absolute atomic E-state index is 0.206. The first-order chi connectivity index (χ1) is 8.29. The van der Waals surface area contributed by atoms with Crippen molar-refractivity contribution in [3.05, 3.63) is 35.5 Å². The Morgan fingerprint density at radius 3 is 2.61 bits per heavy atom. The van der Waals surface area contributed by atoms with E-state index in [1.807, 2.05) is 0 Å². The minimum Gasteiger partial charge on any atom is -0.481 e. The van der Waals surface area contributed by atoms with Gasteiger partial charge in [-0.1, -0.05) is 6.07 Å². The molecule has 1 N–H and O–H groups in total. The molecule has 0 spiro atoms. The lowest BCUT2D eigenvalue weighted by Crippen LogP contribution is -2.04. The van der Waals surface area contributed by atoms with Gasteiger partial charge in [0.2, 0.25) is 0 Å². The lowest BCUT2D eigenvalue weighted by Gasteiger charge is -2.07. The molecule has 18 heavy (non-hydrogen) atoms. The van der Waals surface area contributed by atoms with Crippen LogP contribution in [0.4, 0.5) is 13.2 Å². The van der Waals surface area contributed by atoms with Gasteiger partial charge >= 0.3 is 12.1 Å². The predicted molar refractivity (Wildman–Crippen MR) is 59.3 cm³/mol. The van der Waals surface area contributed by atoms with Crippen LogP contribution in [0.25, 0.3) is 10.9 Å². The molecule has 96 valence electrons. The van der Waals surface area contributed by atoms with E-state index < -0.39 is 17.7 Å². The molecule has 0 amide bonds. The lowest BCUT2D eigenvalue weighted by atomic mass is 10.1. The standard InChI is InChI=1S/C12H10F3NO2/c1-16-6-7(4-11(17)18)9-3-2-8(5-10(9)16)12(13,14)15/h2-3,5-6H,4H2,1H3,(H,17,18). The molecule has 0 aliphatic carbocycles. The van der Waals surface area contributed by atoms with E-state index >= 15 is 0 Å². The number of carboxylic acids is 1. The van der Waals surface area contributed by atoms with Crippen LogP contribution in [0.2, 0.25) is 0 Å². The number of nitrogens with zero attached hydrogens (tertiary/aromatic N) is 1. The van der Waals surface area contributed by atoms with E-state index in [0.29, 0.717) is 16.5 Å². The summed E-state index contributed by atoms with van der Waals surface area (Å²) in [5.74, 6) is -1.01. The van der Waals surface area contributed by atoms with Gasteiger partial charge in [0.05, 0.1) is 12.0 Å². The topological polar surface area (TPSA) is 42.2 Å². The van der Waals surface area contributed by atoms with Crippen LogP contribution in [-0.4, -0.2) is 15.6 Å². The van der Waals surface area contributed by atoms with Crippen molar-refractivity contribution in [2.24, 2.45) is 7.05 Å². The molecule has 2 rings (SSSR count). The Labute approximate surface area is 100 Å². The fourth-order valence-electron chi connectivity index (χ4n) is 1.95. The summed E-state index contributed by atoms with van der Waals surface area (Å²) in [6.45, 7) is 0. The van der Waals surface area contributed by atoms with Crippen molar-refractivity contribution in [3.63, 3.8) is 0 Å². The molecule has 1 heterocycles. The van der Waals surface area contributed by atoms with Gasteiger partial charge in [0.15, 0.2) is 0 Å². The summed E-state index contributed by atoms with van der Waals surface area (Å²) < 4.78 is 39.2. The summed E-state index contributed by atoms with van der Waals surface area (Å²) in [4.78, 5) is 10.7. The quantitative estimate of drug-likeness (QED) is 0.898. The van der Waals surface area contributed by atoms with Gasteiger partial charge in [0.25, 0.3) is 0 Å². The van der Waals surface area contributed by atoms with Gasteiger partial charge in [-0.25, -0.2) is 0 Å². The first kappa shape index (κ1) is 12.5. The second kappa shape index (κ2) is 4.04. The molecule has 0 atom stereocenters. The summed E-state index contributed by atoms with van der Waals surface area (Å²) in [6, 6.07) is 3.31. The Morgan fingerprint density at radius 2 is 2.06 bits per heavy atom. The third kappa shape index (κ3) is 2.18. The van der Waals surface area contributed by atoms with Crippen molar-refractivity contribution in [3.8, 4) is 0 Å². The number of aromatic nitrogens is 1. The molecular weight excluding hydrogens is 247 g/mol. The molecule has 0 saturated carbocycles. The number of hydrogen-bond donors (Lipinski definition) is 1. The van der Waals surface area contributed by atoms with E-state index in [1.165, 1.54) is 10.6 Å². The van der Waals surface area contributed by atoms with Gasteiger partial charge < -0.3 is 9.67 Å². The van der Waals surface area contributed by atoms with Crippen molar-refractivity contribution in [2.45, 2.75) is 12.6 Å². The van der Waals surface area contributed by atoms with E-state index in [-0.39, 0.29) is 6.42 Å². The molecule has 0 aliphatic heterocycles. The van der Waals surface area contributed by atoms with Gasteiger partial charge in [0.1, 0.15) is 0 Å². The number of alkyl halides is 3. The highest BCUT2D eigenvalue weighted by molar-refractivity contribution is 5.88. The van der Waals surface area contributed by atoms with Crippen LogP contribution in [0.1, 0.15) is 11.1 Å². The van der Waals surface area contributed by atoms with Crippen LogP contribution >= 0.6 is 0 Å². The number of aryl methyl sites for hydroxylation is 1. The molecule has 0 radical (unpaired) electrons. The van der Waals surface area contributed by atoms with Crippen molar-refractivity contribution >= 4 is 16.9 Å². The second-order valence-corrected chi connectivity index (χ2v) is 4.07. The fourth-order valence-corrected chi connectivity index (χ4v) is 1.95. The first-order valence-electron chi connectivity index (χ1n) is 5.16. The Hall–Kier alpha value is -1.98. The van der Waals surface area contributed by atoms with Crippen LogP contribution in [-0.2, 0) is 24.4 Å². The average Bonchev–Trinajstić information content (AvgIpc) is 2.53. The number of halogens is 3. The summed E-state index contributed by atoms with van der Waals surface area (Å²) in [7, 11) is 1.59. The molecule has 0 aliphatic rings. The number of carbonyl (C=O) groups is 1. The number of fused-ring (bicyclic) bond motifs is 1. The number of carboxylic acid groups (broad SMARTS) is 1. The smallest absolute Gasteiger partial charge is 0.416 e. The van der Waals surface area contributed by atoms with Crippen LogP contribution in [0.15, 0.2) is 24.4 Å². The molecule has 1 aromatic carbocycles. The zero-order chi connectivity index (χ0) is 13.5. The van der Waals surface area contributed by atoms with Gasteiger partial charge in [-0.3, -0.25) is 4.79 Å². The Bertz CT molecular complexity index is 614. The highest BCUT2D eigenvalue weighted by atomic mass is 19.4. The van der Waals surface area contributed by atoms with Crippen molar-refractivity contribution in [2.75, 3.05) is 0 Å². The summed E-state index contributed by atoms with van der Waals surface area (Å²) >= 11 is 0. The maximum atomic E-state index is 12.6. The molecular formula is C12H10F3NO2. The molecule has 3 nitrogen and oxygen atoms in total. The summed E-state index contributed by atoms with van der Waals surface area (Å²) in [6.07, 6.45) is -3.06. The van der Waals surface area contributed by atoms with Crippen LogP contribution < -0.4 is 0 Å². The van der Waals surface area contributed by atoms with Gasteiger partial charge in [0, 0.05) is 24.1 Å². The fraction of sp³-hybridized carbons (Fsp3) is 0.250. The minimum atomic E-state index is -4.40. The largest absolute Gasteiger partial charge is 0.481 e. The SMILES string of the molecule is Cn1cc(CC(=O)O)c2ccc(C(F)(F)F)cc21. The maximum Gasteiger partial charge on any atom is 0.416 e. The summed E-state index contributed by atoms with van der Waals surface area (Å²) in [5.41, 5.74) is 0.146. The molecule has 0 unspecified atom stereocenters. The summed E-state index contributed by atoms with van der Waals surface area (Å²) in [5, 5.41) is 9.27. The third-order valence-corrected chi connectivity index (χ3v) is 2.74. The third-order valence-electron chi connectivity index (χ3n) is 2.74. The van der Waals surface area contributed by atoms with Gasteiger partial charge in [-0.05, 0) is 17.7 Å². The molecule has 0 bridgehead atoms. The second-order valence-electron chi connectivity index (χ2n) is 4.07. The zero-order valence-electron chi connectivity index (χ0n) is 9.45. The molecule has 6 heteroatoms. The normalized spacial score (nSPS) is 12.0. The van der Waals surface area contributed by atoms with E-state index in [4.69, 9.17) is 5.11 Å². The highest BCUT2D eigenvalue weighted by Gasteiger charge is 2.30. The number of hydrogen-bond acceptors (Lipinski definition) is 1. The number of aliphatic carboxylic acids is 1. The Morgan fingerprint density at radius 1 is 1.39 bits per heavy atom. The van der Waals surface area contributed by atoms with E-state index in [2.05, 4.69) is 0 Å². The van der Waals surface area contributed by atoms with Crippen LogP contribution in [0.3, 0.4) is 0 Å². The molecule has 0 fully saturated rings. The lowest BCUT2D eigenvalue weighted by molar-refractivity contribution is -0.138. The van der Waals surface area contributed by atoms with E-state index in [1.54, 1.807) is 13.2 Å². The number of benzene rings is 1. The Balaban J connectivity index is 2.59. The molecule has 0 saturated heterocycles. The van der Waals surface area contributed by atoms with Crippen LogP contribution in [0.5, 0.6) is 0 Å². The maximum absolute atomic E-state index is 12.6. The predicted octanol–water partition coefficient (Wildman–Crippen LogP) is 2.82. The van der Waals surface area contributed by atoms with Crippen molar-refractivity contribution < 1.29 is 23.1 Å². The Kier molecular flexibility index (Phi) is 2.80. The molecule has 1 aromatic heterocycles. The van der Waals surface area contributed by atoms with Gasteiger partial charge in [-0.15, -0.1) is 0 Å².